The first-order valence-corrected chi connectivity index (χ1v) is 5.60. The number of hydrogen-bond donors (Lipinski definition) is 0. The maximum absolute atomic E-state index is 10.6. The second-order valence-corrected chi connectivity index (χ2v) is 4.13. The number of hydrogen-bond acceptors (Lipinski definition) is 4. The van der Waals surface area contributed by atoms with Crippen molar-refractivity contribution >= 4 is 6.47 Å². The molecule has 0 radical (unpaired) electrons. The Kier molecular flexibility index (Phi) is 3.22. The molecule has 0 spiro atoms. The molecule has 0 bridgehead atoms. The van der Waals surface area contributed by atoms with Crippen LogP contribution in [0.2, 0.25) is 0 Å². The van der Waals surface area contributed by atoms with E-state index in [4.69, 9.17) is 14.2 Å². The van der Waals surface area contributed by atoms with Crippen molar-refractivity contribution in [2.75, 3.05) is 14.2 Å². The van der Waals surface area contributed by atoms with E-state index < -0.39 is 5.60 Å². The lowest BCUT2D eigenvalue weighted by atomic mass is 9.75. The summed E-state index contributed by atoms with van der Waals surface area (Å²) in [6.45, 7) is 0.524. The smallest absolute Gasteiger partial charge is 0.293 e. The molecule has 0 unspecified atom stereocenters. The molecule has 0 heterocycles. The van der Waals surface area contributed by atoms with Gasteiger partial charge in [-0.25, -0.2) is 0 Å². The highest BCUT2D eigenvalue weighted by Gasteiger charge is 2.41. The van der Waals surface area contributed by atoms with Gasteiger partial charge in [-0.05, 0) is 37.0 Å². The summed E-state index contributed by atoms with van der Waals surface area (Å²) < 4.78 is 15.7. The second-order valence-electron chi connectivity index (χ2n) is 4.13. The topological polar surface area (TPSA) is 44.8 Å². The van der Waals surface area contributed by atoms with Crippen molar-refractivity contribution in [1.82, 2.24) is 0 Å². The summed E-state index contributed by atoms with van der Waals surface area (Å²) in [4.78, 5) is 10.6. The van der Waals surface area contributed by atoms with E-state index in [1.807, 2.05) is 18.2 Å². The van der Waals surface area contributed by atoms with E-state index in [9.17, 15) is 4.79 Å². The molecule has 1 aromatic carbocycles. The van der Waals surface area contributed by atoms with E-state index >= 15 is 0 Å². The Hall–Kier alpha value is -1.71. The van der Waals surface area contributed by atoms with Gasteiger partial charge in [0.2, 0.25) is 0 Å². The Balaban J connectivity index is 2.35. The van der Waals surface area contributed by atoms with E-state index in [-0.39, 0.29) is 0 Å². The maximum atomic E-state index is 10.6. The van der Waals surface area contributed by atoms with E-state index in [0.29, 0.717) is 18.0 Å². The van der Waals surface area contributed by atoms with Crippen LogP contribution in [0.15, 0.2) is 18.2 Å². The summed E-state index contributed by atoms with van der Waals surface area (Å²) in [5.74, 6) is 1.34. The summed E-state index contributed by atoms with van der Waals surface area (Å²) in [6.07, 6.45) is 2.80. The fourth-order valence-electron chi connectivity index (χ4n) is 2.18. The molecule has 1 aliphatic rings. The van der Waals surface area contributed by atoms with Crippen LogP contribution < -0.4 is 9.47 Å². The molecule has 0 atom stereocenters. The summed E-state index contributed by atoms with van der Waals surface area (Å²) in [6, 6.07) is 5.63. The van der Waals surface area contributed by atoms with Gasteiger partial charge in [0.1, 0.15) is 5.60 Å². The number of ether oxygens (including phenoxy) is 3. The number of rotatable bonds is 5. The van der Waals surface area contributed by atoms with Gasteiger partial charge in [-0.15, -0.1) is 0 Å². The van der Waals surface area contributed by atoms with Gasteiger partial charge in [0, 0.05) is 0 Å². The Morgan fingerprint density at radius 1 is 1.18 bits per heavy atom. The van der Waals surface area contributed by atoms with Crippen LogP contribution in [0.4, 0.5) is 0 Å². The molecule has 2 rings (SSSR count). The predicted molar refractivity (Wildman–Crippen MR) is 62.2 cm³/mol. The quantitative estimate of drug-likeness (QED) is 0.735. The minimum absolute atomic E-state index is 0.457. The van der Waals surface area contributed by atoms with Crippen molar-refractivity contribution in [1.29, 1.82) is 0 Å². The summed E-state index contributed by atoms with van der Waals surface area (Å²) in [5, 5.41) is 0. The number of carbonyl (C=O) groups is 1. The van der Waals surface area contributed by atoms with E-state index in [1.54, 1.807) is 14.2 Å². The molecule has 0 amide bonds. The summed E-state index contributed by atoms with van der Waals surface area (Å²) in [7, 11) is 3.19. The highest BCUT2D eigenvalue weighted by Crippen LogP contribution is 2.46. The van der Waals surface area contributed by atoms with Gasteiger partial charge in [0.05, 0.1) is 14.2 Å². The fourth-order valence-corrected chi connectivity index (χ4v) is 2.18. The van der Waals surface area contributed by atoms with E-state index in [0.717, 1.165) is 24.8 Å². The lowest BCUT2D eigenvalue weighted by molar-refractivity contribution is -0.155. The highest BCUT2D eigenvalue weighted by molar-refractivity contribution is 5.47. The molecule has 4 nitrogen and oxygen atoms in total. The normalized spacial score (nSPS) is 16.8. The van der Waals surface area contributed by atoms with Gasteiger partial charge in [0.15, 0.2) is 11.5 Å². The van der Waals surface area contributed by atoms with E-state index in [1.165, 1.54) is 0 Å². The van der Waals surface area contributed by atoms with Crippen molar-refractivity contribution < 1.29 is 19.0 Å². The molecular weight excluding hydrogens is 220 g/mol. The highest BCUT2D eigenvalue weighted by atomic mass is 16.5. The monoisotopic (exact) mass is 236 g/mol. The molecule has 1 aliphatic carbocycles. The lowest BCUT2D eigenvalue weighted by Gasteiger charge is -2.40. The van der Waals surface area contributed by atoms with Crippen LogP contribution in [0, 0.1) is 0 Å². The average molecular weight is 236 g/mol. The molecule has 0 saturated heterocycles. The maximum Gasteiger partial charge on any atom is 0.293 e. The Morgan fingerprint density at radius 3 is 2.35 bits per heavy atom. The second kappa shape index (κ2) is 4.65. The van der Waals surface area contributed by atoms with Crippen LogP contribution in [0.25, 0.3) is 0 Å². The van der Waals surface area contributed by atoms with Crippen LogP contribution in [0.3, 0.4) is 0 Å². The zero-order valence-corrected chi connectivity index (χ0v) is 10.1. The number of benzene rings is 1. The minimum atomic E-state index is -0.457. The van der Waals surface area contributed by atoms with Crippen molar-refractivity contribution in [2.24, 2.45) is 0 Å². The van der Waals surface area contributed by atoms with Gasteiger partial charge in [-0.2, -0.15) is 0 Å². The lowest BCUT2D eigenvalue weighted by Crippen LogP contribution is -2.36. The minimum Gasteiger partial charge on any atom is -0.493 e. The fraction of sp³-hybridized carbons (Fsp3) is 0.462. The SMILES string of the molecule is COc1ccc(C2(OC=O)CCC2)cc1OC. The summed E-state index contributed by atoms with van der Waals surface area (Å²) in [5.41, 5.74) is 0.509. The first-order valence-electron chi connectivity index (χ1n) is 5.60. The van der Waals surface area contributed by atoms with Crippen molar-refractivity contribution in [3.63, 3.8) is 0 Å². The third-order valence-corrected chi connectivity index (χ3v) is 3.34. The average Bonchev–Trinajstić information content (AvgIpc) is 2.33. The molecule has 1 aromatic rings. The van der Waals surface area contributed by atoms with Crippen LogP contribution in [-0.2, 0) is 15.1 Å². The molecule has 0 aromatic heterocycles. The first kappa shape index (κ1) is 11.8. The van der Waals surface area contributed by atoms with Crippen molar-refractivity contribution in [3.8, 4) is 11.5 Å². The van der Waals surface area contributed by atoms with Crippen LogP contribution >= 0.6 is 0 Å². The Labute approximate surface area is 100 Å². The summed E-state index contributed by atoms with van der Waals surface area (Å²) >= 11 is 0. The molecule has 92 valence electrons. The molecule has 4 heteroatoms. The van der Waals surface area contributed by atoms with Gasteiger partial charge in [-0.3, -0.25) is 4.79 Å². The third-order valence-electron chi connectivity index (χ3n) is 3.34. The van der Waals surface area contributed by atoms with Crippen LogP contribution in [-0.4, -0.2) is 20.7 Å². The zero-order valence-electron chi connectivity index (χ0n) is 10.1. The van der Waals surface area contributed by atoms with E-state index in [2.05, 4.69) is 0 Å². The predicted octanol–water partition coefficient (Wildman–Crippen LogP) is 2.26. The third kappa shape index (κ3) is 1.95. The van der Waals surface area contributed by atoms with Crippen LogP contribution in [0.5, 0.6) is 11.5 Å². The molecule has 0 N–H and O–H groups in total. The molecule has 1 fully saturated rings. The van der Waals surface area contributed by atoms with Gasteiger partial charge < -0.3 is 14.2 Å². The van der Waals surface area contributed by atoms with Gasteiger partial charge in [-0.1, -0.05) is 6.07 Å². The largest absolute Gasteiger partial charge is 0.493 e. The van der Waals surface area contributed by atoms with Gasteiger partial charge >= 0.3 is 0 Å². The van der Waals surface area contributed by atoms with Crippen LogP contribution in [0.1, 0.15) is 24.8 Å². The van der Waals surface area contributed by atoms with Crippen molar-refractivity contribution in [2.45, 2.75) is 24.9 Å². The van der Waals surface area contributed by atoms with Crippen molar-refractivity contribution in [3.05, 3.63) is 23.8 Å². The van der Waals surface area contributed by atoms with Gasteiger partial charge in [0.25, 0.3) is 6.47 Å². The molecule has 1 saturated carbocycles. The molecule has 0 aliphatic heterocycles. The standard InChI is InChI=1S/C13H16O4/c1-15-11-5-4-10(8-12(11)16-2)13(17-9-14)6-3-7-13/h4-5,8-9H,3,6-7H2,1-2H3. The first-order chi connectivity index (χ1) is 8.25. The number of carbonyl (C=O) groups excluding carboxylic acids is 1. The molecular formula is C13H16O4. The number of methoxy groups -OCH3 is 2. The molecule has 17 heavy (non-hydrogen) atoms. The zero-order chi connectivity index (χ0) is 12.3. The Bertz CT molecular complexity index is 410. The Morgan fingerprint density at radius 2 is 1.88 bits per heavy atom.